The molecule has 0 spiro atoms. The number of nitrogens with one attached hydrogen (secondary N) is 1. The van der Waals surface area contributed by atoms with Gasteiger partial charge < -0.3 is 14.6 Å². The van der Waals surface area contributed by atoms with E-state index in [0.717, 1.165) is 49.2 Å². The third-order valence-corrected chi connectivity index (χ3v) is 6.35. The number of likely N-dealkylation sites (tertiary alicyclic amines) is 1. The maximum atomic E-state index is 12.9. The lowest BCUT2D eigenvalue weighted by atomic mass is 9.94. The Morgan fingerprint density at radius 3 is 2.67 bits per heavy atom. The molecule has 1 saturated heterocycles. The molecule has 2 aromatic carbocycles. The topological polar surface area (TPSA) is 80.5 Å². The summed E-state index contributed by atoms with van der Waals surface area (Å²) >= 11 is 6.05. The van der Waals surface area contributed by atoms with Crippen LogP contribution in [0.4, 0.5) is 0 Å². The summed E-state index contributed by atoms with van der Waals surface area (Å²) in [6.45, 7) is 4.28. The fourth-order valence-electron chi connectivity index (χ4n) is 4.16. The van der Waals surface area contributed by atoms with Crippen molar-refractivity contribution in [2.45, 2.75) is 38.8 Å². The van der Waals surface area contributed by atoms with Crippen LogP contribution in [0, 0.1) is 5.92 Å². The van der Waals surface area contributed by atoms with E-state index in [1.54, 1.807) is 7.11 Å². The first-order valence-electron chi connectivity index (χ1n) is 11.3. The summed E-state index contributed by atoms with van der Waals surface area (Å²) in [5.41, 5.74) is 1.92. The number of amides is 1. The second kappa shape index (κ2) is 10.8. The van der Waals surface area contributed by atoms with Gasteiger partial charge in [0.25, 0.3) is 0 Å². The molecule has 1 aliphatic heterocycles. The number of ether oxygens (including phenoxy) is 1. The van der Waals surface area contributed by atoms with Gasteiger partial charge in [-0.3, -0.25) is 9.69 Å². The molecular weight excluding hydrogens is 440 g/mol. The summed E-state index contributed by atoms with van der Waals surface area (Å²) < 4.78 is 10.7. The average Bonchev–Trinajstić information content (AvgIpc) is 3.31. The van der Waals surface area contributed by atoms with Gasteiger partial charge in [0.1, 0.15) is 5.75 Å². The van der Waals surface area contributed by atoms with Crippen LogP contribution in [0.15, 0.2) is 53.1 Å². The van der Waals surface area contributed by atoms with Crippen molar-refractivity contribution in [3.05, 3.63) is 65.0 Å². The van der Waals surface area contributed by atoms with Gasteiger partial charge in [-0.25, -0.2) is 0 Å². The SMILES string of the molecule is CCC(NC(=O)C1CCN(Cc2nc(-c3cccc(Cl)c3)no2)CC1)c1ccc(OC)cc1. The number of aromatic nitrogens is 2. The monoisotopic (exact) mass is 468 g/mol. The van der Waals surface area contributed by atoms with Gasteiger partial charge in [-0.1, -0.05) is 47.9 Å². The summed E-state index contributed by atoms with van der Waals surface area (Å²) in [5, 5.41) is 7.94. The highest BCUT2D eigenvalue weighted by Gasteiger charge is 2.27. The molecule has 1 aliphatic rings. The van der Waals surface area contributed by atoms with E-state index in [1.807, 2.05) is 48.5 Å². The zero-order valence-corrected chi connectivity index (χ0v) is 19.7. The molecule has 3 aromatic rings. The predicted molar refractivity (Wildman–Crippen MR) is 127 cm³/mol. The molecular formula is C25H29ClN4O3. The van der Waals surface area contributed by atoms with Gasteiger partial charge in [0, 0.05) is 16.5 Å². The summed E-state index contributed by atoms with van der Waals surface area (Å²) in [6, 6.07) is 15.3. The molecule has 1 unspecified atom stereocenters. The highest BCUT2D eigenvalue weighted by atomic mass is 35.5. The van der Waals surface area contributed by atoms with E-state index in [0.29, 0.717) is 23.3 Å². The van der Waals surface area contributed by atoms with E-state index >= 15 is 0 Å². The van der Waals surface area contributed by atoms with Crippen LogP contribution in [0.5, 0.6) is 5.75 Å². The summed E-state index contributed by atoms with van der Waals surface area (Å²) in [5.74, 6) is 2.05. The van der Waals surface area contributed by atoms with Crippen LogP contribution in [-0.4, -0.2) is 41.1 Å². The lowest BCUT2D eigenvalue weighted by Crippen LogP contribution is -2.41. The Balaban J connectivity index is 1.28. The van der Waals surface area contributed by atoms with Crippen molar-refractivity contribution in [2.75, 3.05) is 20.2 Å². The van der Waals surface area contributed by atoms with Crippen LogP contribution in [0.1, 0.15) is 43.7 Å². The first-order chi connectivity index (χ1) is 16.1. The molecule has 0 aliphatic carbocycles. The highest BCUT2D eigenvalue weighted by Crippen LogP contribution is 2.24. The van der Waals surface area contributed by atoms with Gasteiger partial charge in [-0.15, -0.1) is 0 Å². The standard InChI is InChI=1S/C25H29ClN4O3/c1-3-22(17-7-9-21(32-2)10-8-17)27-25(31)18-11-13-30(14-12-18)16-23-28-24(29-33-23)19-5-4-6-20(26)15-19/h4-10,15,18,22H,3,11-14,16H2,1-2H3,(H,27,31). The van der Waals surface area contributed by atoms with E-state index in [9.17, 15) is 4.79 Å². The number of carbonyl (C=O) groups is 1. The Labute approximate surface area is 199 Å². The molecule has 2 heterocycles. The van der Waals surface area contributed by atoms with Crippen LogP contribution in [0.25, 0.3) is 11.4 Å². The molecule has 1 aromatic heterocycles. The van der Waals surface area contributed by atoms with Crippen LogP contribution in [0.3, 0.4) is 0 Å². The van der Waals surface area contributed by atoms with Crippen molar-refractivity contribution in [3.8, 4) is 17.1 Å². The number of halogens is 1. The van der Waals surface area contributed by atoms with Gasteiger partial charge in [-0.05, 0) is 62.2 Å². The molecule has 1 N–H and O–H groups in total. The third kappa shape index (κ3) is 5.92. The zero-order chi connectivity index (χ0) is 23.2. The van der Waals surface area contributed by atoms with Gasteiger partial charge >= 0.3 is 0 Å². The van der Waals surface area contributed by atoms with Crippen molar-refractivity contribution in [1.29, 1.82) is 0 Å². The van der Waals surface area contributed by atoms with E-state index in [4.69, 9.17) is 20.9 Å². The smallest absolute Gasteiger partial charge is 0.241 e. The number of carbonyl (C=O) groups excluding carboxylic acids is 1. The highest BCUT2D eigenvalue weighted by molar-refractivity contribution is 6.30. The van der Waals surface area contributed by atoms with Gasteiger partial charge in [0.15, 0.2) is 0 Å². The second-order valence-corrected chi connectivity index (χ2v) is 8.75. The van der Waals surface area contributed by atoms with Gasteiger partial charge in [0.05, 0.1) is 19.7 Å². The quantitative estimate of drug-likeness (QED) is 0.507. The second-order valence-electron chi connectivity index (χ2n) is 8.32. The Morgan fingerprint density at radius 2 is 2.00 bits per heavy atom. The Bertz CT molecular complexity index is 1060. The molecule has 4 rings (SSSR count). The number of hydrogen-bond acceptors (Lipinski definition) is 6. The van der Waals surface area contributed by atoms with Gasteiger partial charge in [0.2, 0.25) is 17.6 Å². The summed E-state index contributed by atoms with van der Waals surface area (Å²) in [7, 11) is 1.65. The Kier molecular flexibility index (Phi) is 7.62. The summed E-state index contributed by atoms with van der Waals surface area (Å²) in [6.07, 6.45) is 2.45. The first kappa shape index (κ1) is 23.3. The van der Waals surface area contributed by atoms with Crippen molar-refractivity contribution in [3.63, 3.8) is 0 Å². The zero-order valence-electron chi connectivity index (χ0n) is 19.0. The number of methoxy groups -OCH3 is 1. The summed E-state index contributed by atoms with van der Waals surface area (Å²) in [4.78, 5) is 19.7. The van der Waals surface area contributed by atoms with Crippen LogP contribution >= 0.6 is 11.6 Å². The minimum absolute atomic E-state index is 0.00439. The largest absolute Gasteiger partial charge is 0.497 e. The molecule has 1 fully saturated rings. The van der Waals surface area contributed by atoms with Crippen molar-refractivity contribution >= 4 is 17.5 Å². The first-order valence-corrected chi connectivity index (χ1v) is 11.7. The van der Waals surface area contributed by atoms with Crippen LogP contribution < -0.4 is 10.1 Å². The van der Waals surface area contributed by atoms with Crippen LogP contribution in [0.2, 0.25) is 5.02 Å². The van der Waals surface area contributed by atoms with Crippen molar-refractivity contribution in [1.82, 2.24) is 20.4 Å². The van der Waals surface area contributed by atoms with Crippen molar-refractivity contribution in [2.24, 2.45) is 5.92 Å². The molecule has 1 atom stereocenters. The Morgan fingerprint density at radius 1 is 1.24 bits per heavy atom. The molecule has 0 bridgehead atoms. The minimum Gasteiger partial charge on any atom is -0.497 e. The van der Waals surface area contributed by atoms with Crippen molar-refractivity contribution < 1.29 is 14.1 Å². The normalized spacial score (nSPS) is 15.8. The van der Waals surface area contributed by atoms with Crippen LogP contribution in [-0.2, 0) is 11.3 Å². The number of rotatable bonds is 8. The third-order valence-electron chi connectivity index (χ3n) is 6.11. The molecule has 0 saturated carbocycles. The molecule has 33 heavy (non-hydrogen) atoms. The van der Waals surface area contributed by atoms with E-state index in [-0.39, 0.29) is 17.9 Å². The molecule has 0 radical (unpaired) electrons. The fraction of sp³-hybridized carbons (Fsp3) is 0.400. The van der Waals surface area contributed by atoms with E-state index < -0.39 is 0 Å². The van der Waals surface area contributed by atoms with Gasteiger partial charge in [-0.2, -0.15) is 4.98 Å². The van der Waals surface area contributed by atoms with E-state index in [2.05, 4.69) is 27.3 Å². The van der Waals surface area contributed by atoms with E-state index in [1.165, 1.54) is 0 Å². The minimum atomic E-state index is 0.00439. The molecule has 1 amide bonds. The number of piperidine rings is 1. The molecule has 8 heteroatoms. The molecule has 7 nitrogen and oxygen atoms in total. The maximum Gasteiger partial charge on any atom is 0.241 e. The Hall–Kier alpha value is -2.90. The lowest BCUT2D eigenvalue weighted by Gasteiger charge is -2.31. The number of nitrogens with zero attached hydrogens (tertiary/aromatic N) is 3. The fourth-order valence-corrected chi connectivity index (χ4v) is 4.35. The number of benzene rings is 2. The average molecular weight is 469 g/mol. The molecule has 174 valence electrons. The lowest BCUT2D eigenvalue weighted by molar-refractivity contribution is -0.127. The number of hydrogen-bond donors (Lipinski definition) is 1. The maximum absolute atomic E-state index is 12.9. The predicted octanol–water partition coefficient (Wildman–Crippen LogP) is 4.88.